The van der Waals surface area contributed by atoms with Gasteiger partial charge in [-0.1, -0.05) is 0 Å². The monoisotopic (exact) mass is 328 g/mol. The van der Waals surface area contributed by atoms with E-state index in [-0.39, 0.29) is 24.0 Å². The van der Waals surface area contributed by atoms with Crippen LogP contribution < -0.4 is 5.32 Å². The summed E-state index contributed by atoms with van der Waals surface area (Å²) < 4.78 is 31.3. The average Bonchev–Trinajstić information content (AvgIpc) is 3.05. The number of halogens is 2. The Labute approximate surface area is 137 Å². The average molecular weight is 328 g/mol. The van der Waals surface area contributed by atoms with Crippen LogP contribution in [0, 0.1) is 11.6 Å². The van der Waals surface area contributed by atoms with E-state index >= 15 is 0 Å². The maximum atomic E-state index is 12.9. The van der Waals surface area contributed by atoms with E-state index in [0.29, 0.717) is 29.3 Å². The number of rotatable bonds is 5. The first-order valence-corrected chi connectivity index (χ1v) is 7.36. The summed E-state index contributed by atoms with van der Waals surface area (Å²) in [6.45, 7) is 0. The van der Waals surface area contributed by atoms with Crippen LogP contribution in [-0.2, 0) is 11.2 Å². The second-order valence-electron chi connectivity index (χ2n) is 5.18. The van der Waals surface area contributed by atoms with Crippen LogP contribution in [0.15, 0.2) is 59.1 Å². The summed E-state index contributed by atoms with van der Waals surface area (Å²) in [6.07, 6.45) is 2.05. The molecule has 6 heteroatoms. The number of nitrogens with one attached hydrogen (secondary N) is 1. The third-order valence-corrected chi connectivity index (χ3v) is 3.38. The summed E-state index contributed by atoms with van der Waals surface area (Å²) in [5, 5.41) is 2.67. The van der Waals surface area contributed by atoms with Crippen molar-refractivity contribution in [3.63, 3.8) is 0 Å². The van der Waals surface area contributed by atoms with Crippen LogP contribution in [0.2, 0.25) is 0 Å². The Kier molecular flexibility index (Phi) is 4.65. The minimum Gasteiger partial charge on any atom is -0.441 e. The number of aromatic nitrogens is 1. The molecule has 0 spiro atoms. The molecule has 2 aromatic carbocycles. The zero-order valence-electron chi connectivity index (χ0n) is 12.6. The molecule has 0 aliphatic heterocycles. The molecular weight excluding hydrogens is 314 g/mol. The Hall–Kier alpha value is -3.02. The first kappa shape index (κ1) is 15.9. The minimum atomic E-state index is -0.360. The van der Waals surface area contributed by atoms with E-state index in [0.717, 1.165) is 0 Å². The van der Waals surface area contributed by atoms with Crippen molar-refractivity contribution in [1.82, 2.24) is 4.98 Å². The van der Waals surface area contributed by atoms with Gasteiger partial charge in [-0.3, -0.25) is 4.79 Å². The number of anilines is 1. The van der Waals surface area contributed by atoms with Crippen molar-refractivity contribution < 1.29 is 18.0 Å². The molecule has 0 fully saturated rings. The fourth-order valence-corrected chi connectivity index (χ4v) is 2.15. The fraction of sp³-hybridized carbons (Fsp3) is 0.111. The number of nitrogens with zero attached hydrogens (tertiary/aromatic N) is 1. The lowest BCUT2D eigenvalue weighted by Crippen LogP contribution is -2.12. The molecule has 1 aromatic heterocycles. The molecule has 0 radical (unpaired) electrons. The predicted octanol–water partition coefficient (Wildman–Crippen LogP) is 4.19. The number of amides is 1. The summed E-state index contributed by atoms with van der Waals surface area (Å²) in [6, 6.07) is 11.4. The quantitative estimate of drug-likeness (QED) is 0.764. The maximum absolute atomic E-state index is 12.9. The maximum Gasteiger partial charge on any atom is 0.224 e. The van der Waals surface area contributed by atoms with Gasteiger partial charge in [0.25, 0.3) is 0 Å². The highest BCUT2D eigenvalue weighted by molar-refractivity contribution is 5.90. The van der Waals surface area contributed by atoms with Crippen LogP contribution in [0.5, 0.6) is 0 Å². The number of hydrogen-bond donors (Lipinski definition) is 1. The molecule has 3 rings (SSSR count). The van der Waals surface area contributed by atoms with E-state index in [1.165, 1.54) is 36.4 Å². The summed E-state index contributed by atoms with van der Waals surface area (Å²) in [4.78, 5) is 16.0. The van der Waals surface area contributed by atoms with Crippen molar-refractivity contribution in [3.8, 4) is 11.3 Å². The number of oxazole rings is 1. The highest BCUT2D eigenvalue weighted by Gasteiger charge is 2.09. The van der Waals surface area contributed by atoms with Gasteiger partial charge in [0.05, 0.1) is 6.20 Å². The van der Waals surface area contributed by atoms with E-state index in [4.69, 9.17) is 4.42 Å². The summed E-state index contributed by atoms with van der Waals surface area (Å²) in [5.74, 6) is 0.0349. The van der Waals surface area contributed by atoms with Gasteiger partial charge in [0.1, 0.15) is 11.6 Å². The van der Waals surface area contributed by atoms with Gasteiger partial charge in [-0.15, -0.1) is 0 Å². The van der Waals surface area contributed by atoms with Gasteiger partial charge in [0.2, 0.25) is 5.91 Å². The van der Waals surface area contributed by atoms with Crippen LogP contribution in [0.25, 0.3) is 11.3 Å². The number of carbonyl (C=O) groups excluding carboxylic acids is 1. The zero-order valence-corrected chi connectivity index (χ0v) is 12.6. The Balaban J connectivity index is 1.56. The molecule has 0 aliphatic rings. The second kappa shape index (κ2) is 7.04. The first-order valence-electron chi connectivity index (χ1n) is 7.36. The molecule has 0 aliphatic carbocycles. The number of aryl methyl sites for hydroxylation is 1. The van der Waals surface area contributed by atoms with E-state index in [2.05, 4.69) is 10.3 Å². The number of benzene rings is 2. The zero-order chi connectivity index (χ0) is 16.9. The SMILES string of the molecule is O=C(CCc1ncc(-c2ccc(F)cc2)o1)Nc1ccc(F)cc1. The molecule has 0 unspecified atom stereocenters. The van der Waals surface area contributed by atoms with E-state index in [1.807, 2.05) is 0 Å². The third-order valence-electron chi connectivity index (χ3n) is 3.38. The highest BCUT2D eigenvalue weighted by Crippen LogP contribution is 2.21. The Morgan fingerprint density at radius 1 is 1.00 bits per heavy atom. The van der Waals surface area contributed by atoms with E-state index in [9.17, 15) is 13.6 Å². The third kappa shape index (κ3) is 4.04. The first-order chi connectivity index (χ1) is 11.6. The molecule has 0 bridgehead atoms. The van der Waals surface area contributed by atoms with Crippen LogP contribution in [-0.4, -0.2) is 10.9 Å². The Morgan fingerprint density at radius 2 is 1.62 bits per heavy atom. The van der Waals surface area contributed by atoms with Crippen molar-refractivity contribution in [2.45, 2.75) is 12.8 Å². The van der Waals surface area contributed by atoms with Gasteiger partial charge >= 0.3 is 0 Å². The van der Waals surface area contributed by atoms with Gasteiger partial charge in [0, 0.05) is 24.1 Å². The Morgan fingerprint density at radius 3 is 2.29 bits per heavy atom. The lowest BCUT2D eigenvalue weighted by Gasteiger charge is -2.03. The van der Waals surface area contributed by atoms with Gasteiger partial charge in [0.15, 0.2) is 11.7 Å². The molecule has 1 heterocycles. The molecule has 122 valence electrons. The second-order valence-corrected chi connectivity index (χ2v) is 5.18. The van der Waals surface area contributed by atoms with Crippen LogP contribution in [0.4, 0.5) is 14.5 Å². The van der Waals surface area contributed by atoms with E-state index < -0.39 is 0 Å². The van der Waals surface area contributed by atoms with E-state index in [1.54, 1.807) is 18.3 Å². The lowest BCUT2D eigenvalue weighted by molar-refractivity contribution is -0.116. The molecule has 24 heavy (non-hydrogen) atoms. The predicted molar refractivity (Wildman–Crippen MR) is 85.2 cm³/mol. The minimum absolute atomic E-state index is 0.181. The van der Waals surface area contributed by atoms with Gasteiger partial charge < -0.3 is 9.73 Å². The summed E-state index contributed by atoms with van der Waals surface area (Å²) >= 11 is 0. The van der Waals surface area contributed by atoms with Crippen molar-refractivity contribution >= 4 is 11.6 Å². The molecule has 3 aromatic rings. The van der Waals surface area contributed by atoms with Gasteiger partial charge in [-0.25, -0.2) is 13.8 Å². The largest absolute Gasteiger partial charge is 0.441 e. The molecule has 1 amide bonds. The number of hydrogen-bond acceptors (Lipinski definition) is 3. The molecular formula is C18H14F2N2O2. The van der Waals surface area contributed by atoms with Crippen LogP contribution in [0.1, 0.15) is 12.3 Å². The fourth-order valence-electron chi connectivity index (χ4n) is 2.15. The summed E-state index contributed by atoms with van der Waals surface area (Å²) in [7, 11) is 0. The Bertz CT molecular complexity index is 827. The molecule has 0 saturated carbocycles. The van der Waals surface area contributed by atoms with Crippen LogP contribution in [0.3, 0.4) is 0 Å². The van der Waals surface area contributed by atoms with Crippen molar-refractivity contribution in [3.05, 3.63) is 72.3 Å². The topological polar surface area (TPSA) is 55.1 Å². The van der Waals surface area contributed by atoms with Crippen molar-refractivity contribution in [2.75, 3.05) is 5.32 Å². The molecule has 4 nitrogen and oxygen atoms in total. The standard InChI is InChI=1S/C18H14F2N2O2/c19-13-3-1-12(2-4-13)16-11-21-18(24-16)10-9-17(23)22-15-7-5-14(20)6-8-15/h1-8,11H,9-10H2,(H,22,23). The molecule has 0 atom stereocenters. The molecule has 0 saturated heterocycles. The van der Waals surface area contributed by atoms with Crippen molar-refractivity contribution in [1.29, 1.82) is 0 Å². The van der Waals surface area contributed by atoms with Gasteiger partial charge in [-0.05, 0) is 48.5 Å². The smallest absolute Gasteiger partial charge is 0.224 e. The van der Waals surface area contributed by atoms with Crippen LogP contribution >= 0.6 is 0 Å². The molecule has 1 N–H and O–H groups in total. The number of carbonyl (C=O) groups is 1. The van der Waals surface area contributed by atoms with Gasteiger partial charge in [-0.2, -0.15) is 0 Å². The normalized spacial score (nSPS) is 10.6. The highest BCUT2D eigenvalue weighted by atomic mass is 19.1. The summed E-state index contributed by atoms with van der Waals surface area (Å²) in [5.41, 5.74) is 1.24. The lowest BCUT2D eigenvalue weighted by atomic mass is 10.2. The van der Waals surface area contributed by atoms with Crippen molar-refractivity contribution in [2.24, 2.45) is 0 Å².